The Kier molecular flexibility index (Phi) is 27.0. The number of aromatic amines is 1. The van der Waals surface area contributed by atoms with Crippen molar-refractivity contribution in [1.29, 1.82) is 0 Å². The maximum Gasteiger partial charge on any atom is 0.326 e. The van der Waals surface area contributed by atoms with Crippen LogP contribution in [0.3, 0.4) is 0 Å². The summed E-state index contributed by atoms with van der Waals surface area (Å²) in [5, 5.41) is 48.7. The van der Waals surface area contributed by atoms with Crippen LogP contribution in [-0.2, 0) is 59.2 Å². The zero-order chi connectivity index (χ0) is 54.2. The van der Waals surface area contributed by atoms with E-state index in [1.165, 1.54) is 45.1 Å². The second-order valence-corrected chi connectivity index (χ2v) is 18.7. The summed E-state index contributed by atoms with van der Waals surface area (Å²) in [6.45, 7) is 4.67. The summed E-state index contributed by atoms with van der Waals surface area (Å²) in [6, 6.07) is -12.1. The Morgan fingerprint density at radius 3 is 1.89 bits per heavy atom. The summed E-state index contributed by atoms with van der Waals surface area (Å²) in [6.07, 6.45) is 2.84. The van der Waals surface area contributed by atoms with Gasteiger partial charge in [-0.1, -0.05) is 13.8 Å². The molecule has 1 aromatic rings. The molecular formula is C42H71N14O14S2+. The highest BCUT2D eigenvalue weighted by atomic mass is 32.2. The van der Waals surface area contributed by atoms with Gasteiger partial charge in [0, 0.05) is 30.6 Å². The standard InChI is InChI=1S/C42H70N14O14S2/c1-20(2)32(39(67)53-27(16-31(59)60)38(66)54-28(18-71)40(68)56-13-6-8-29(56)41(69)70)55-33(61)21(3)49-35(63)26(11-14-72-4)52-37(65)25(9-10-30(57)58)51-36(64)24(7-5-12-47-42(44)45)50-34(62)23(43)15-22-17-46-19-48-22/h17,19-21,23-29,32,42,47,71H,5-16,18,43-45H2,1-4H3,(H,46,48)(H,49,63)(H,50,62)(H,51,64)(H,52,65)(H,53,67)(H,54,66)(H,55,61)(H,57,58)(H,59,60)(H,69,70)/p+1/t21-,23-,24-,25-,26-,27-,28-,29-,32-/m0/s1. The molecule has 2 rings (SSSR count). The number of aromatic nitrogens is 2. The van der Waals surface area contributed by atoms with Crippen LogP contribution in [0.2, 0.25) is 0 Å². The molecule has 28 nitrogen and oxygen atoms in total. The van der Waals surface area contributed by atoms with Gasteiger partial charge in [0.15, 0.2) is 6.04 Å². The summed E-state index contributed by atoms with van der Waals surface area (Å²) in [7, 11) is 0. The molecule has 9 atom stereocenters. The van der Waals surface area contributed by atoms with E-state index in [9.17, 15) is 68.1 Å². The molecule has 1 aliphatic rings. The maximum absolute atomic E-state index is 13.9. The normalized spacial score (nSPS) is 16.7. The molecular weight excluding hydrogens is 989 g/mol. The van der Waals surface area contributed by atoms with E-state index in [-0.39, 0.29) is 50.9 Å². The van der Waals surface area contributed by atoms with Gasteiger partial charge in [-0.3, -0.25) is 53.3 Å². The number of quaternary nitrogens is 1. The van der Waals surface area contributed by atoms with Crippen LogP contribution in [0.5, 0.6) is 0 Å². The molecule has 0 saturated carbocycles. The first kappa shape index (κ1) is 62.0. The quantitative estimate of drug-likeness (QED) is 0.0177. The number of nitrogens with zero attached hydrogens (tertiary/aromatic N) is 2. The van der Waals surface area contributed by atoms with Gasteiger partial charge in [-0.25, -0.2) is 9.78 Å². The minimum atomic E-state index is -1.78. The zero-order valence-electron chi connectivity index (χ0n) is 40.6. The van der Waals surface area contributed by atoms with E-state index in [4.69, 9.17) is 11.5 Å². The molecule has 404 valence electrons. The number of hydrogen-bond donors (Lipinski definition) is 16. The molecule has 0 aliphatic carbocycles. The Bertz CT molecular complexity index is 2030. The lowest BCUT2D eigenvalue weighted by Gasteiger charge is -2.29. The molecule has 1 fully saturated rings. The predicted octanol–water partition coefficient (Wildman–Crippen LogP) is -5.70. The van der Waals surface area contributed by atoms with Gasteiger partial charge in [0.05, 0.1) is 19.2 Å². The number of carboxylic acid groups (broad SMARTS) is 3. The number of H-pyrrole nitrogens is 1. The Balaban J connectivity index is 2.23. The van der Waals surface area contributed by atoms with Crippen molar-refractivity contribution in [3.63, 3.8) is 0 Å². The first-order chi connectivity index (χ1) is 33.9. The van der Waals surface area contributed by atoms with E-state index >= 15 is 0 Å². The lowest BCUT2D eigenvalue weighted by atomic mass is 10.0. The molecule has 0 aromatic carbocycles. The third kappa shape index (κ3) is 21.3. The topological polar surface area (TPSA) is 456 Å². The van der Waals surface area contributed by atoms with Crippen LogP contribution < -0.4 is 59.7 Å². The number of hydrogen-bond acceptors (Lipinski definition) is 17. The molecule has 19 N–H and O–H groups in total. The number of aliphatic carboxylic acids is 3. The molecule has 0 unspecified atom stereocenters. The number of nitrogens with two attached hydrogens (primary N) is 2. The molecule has 0 bridgehead atoms. The van der Waals surface area contributed by atoms with E-state index in [1.807, 2.05) is 0 Å². The molecule has 2 heterocycles. The van der Waals surface area contributed by atoms with Crippen molar-refractivity contribution in [1.82, 2.24) is 57.4 Å². The molecule has 1 aliphatic heterocycles. The van der Waals surface area contributed by atoms with Gasteiger partial charge < -0.3 is 79.6 Å². The highest BCUT2D eigenvalue weighted by Gasteiger charge is 2.39. The third-order valence-electron chi connectivity index (χ3n) is 11.2. The lowest BCUT2D eigenvalue weighted by molar-refractivity contribution is -0.403. The number of thiol groups is 1. The molecule has 0 radical (unpaired) electrons. The first-order valence-corrected chi connectivity index (χ1v) is 25.2. The number of amides is 8. The average molecular weight is 1060 g/mol. The van der Waals surface area contributed by atoms with Gasteiger partial charge in [-0.05, 0) is 69.9 Å². The summed E-state index contributed by atoms with van der Waals surface area (Å²) in [5.74, 6) is -11.8. The fourth-order valence-corrected chi connectivity index (χ4v) is 7.98. The Morgan fingerprint density at radius 2 is 1.35 bits per heavy atom. The van der Waals surface area contributed by atoms with Crippen LogP contribution in [-0.4, -0.2) is 187 Å². The number of carbonyl (C=O) groups excluding carboxylic acids is 8. The minimum absolute atomic E-state index is 0.00917. The fourth-order valence-electron chi connectivity index (χ4n) is 7.26. The van der Waals surface area contributed by atoms with Crippen molar-refractivity contribution < 1.29 is 73.8 Å². The number of carbonyl (C=O) groups is 11. The number of imidazole rings is 1. The predicted molar refractivity (Wildman–Crippen MR) is 261 cm³/mol. The highest BCUT2D eigenvalue weighted by Crippen LogP contribution is 2.19. The highest BCUT2D eigenvalue weighted by molar-refractivity contribution is 7.98. The van der Waals surface area contributed by atoms with Crippen molar-refractivity contribution >= 4 is 89.6 Å². The SMILES string of the molecule is CSCC[C@H](NC(=O)[C@H](CCC(=O)O)NC(=O)[C@H](CCCNC(N)N)NC(=O)[C@@H]([NH3+])Cc1cnc[nH]1)C(=O)N[C@@H](C)C(=O)N[C@H](C(=O)N[C@@H](CC(=O)O)C(=O)N[C@@H](CS)C(=O)N1CCC[C@H]1C(=O)O)C(C)C. The van der Waals surface area contributed by atoms with Gasteiger partial charge in [0.25, 0.3) is 5.91 Å². The Labute approximate surface area is 425 Å². The Hall–Kier alpha value is -6.08. The van der Waals surface area contributed by atoms with E-state index < -0.39 is 151 Å². The van der Waals surface area contributed by atoms with Crippen molar-refractivity contribution in [2.45, 2.75) is 139 Å². The second-order valence-electron chi connectivity index (χ2n) is 17.4. The summed E-state index contributed by atoms with van der Waals surface area (Å²) < 4.78 is 0. The smallest absolute Gasteiger partial charge is 0.326 e. The molecule has 8 amide bonds. The molecule has 1 saturated heterocycles. The average Bonchev–Trinajstić information content (AvgIpc) is 4.03. The molecule has 72 heavy (non-hydrogen) atoms. The van der Waals surface area contributed by atoms with Gasteiger partial charge in [-0.2, -0.15) is 24.4 Å². The number of nitrogens with one attached hydrogen (secondary N) is 9. The van der Waals surface area contributed by atoms with Crippen molar-refractivity contribution in [3.8, 4) is 0 Å². The van der Waals surface area contributed by atoms with Crippen LogP contribution >= 0.6 is 24.4 Å². The molecule has 0 spiro atoms. The number of rotatable bonds is 33. The van der Waals surface area contributed by atoms with E-state index in [2.05, 4.69) is 70.9 Å². The van der Waals surface area contributed by atoms with Gasteiger partial charge in [-0.15, -0.1) is 0 Å². The van der Waals surface area contributed by atoms with Crippen molar-refractivity contribution in [2.24, 2.45) is 17.4 Å². The van der Waals surface area contributed by atoms with Crippen molar-refractivity contribution in [3.05, 3.63) is 18.2 Å². The second kappa shape index (κ2) is 31.4. The molecule has 30 heteroatoms. The first-order valence-electron chi connectivity index (χ1n) is 23.1. The van der Waals surface area contributed by atoms with Crippen LogP contribution in [0.4, 0.5) is 0 Å². The van der Waals surface area contributed by atoms with Gasteiger partial charge in [0.2, 0.25) is 41.4 Å². The maximum atomic E-state index is 13.9. The zero-order valence-corrected chi connectivity index (χ0v) is 42.4. The third-order valence-corrected chi connectivity index (χ3v) is 12.2. The van der Waals surface area contributed by atoms with Gasteiger partial charge in [0.1, 0.15) is 54.6 Å². The monoisotopic (exact) mass is 1060 g/mol. The fraction of sp³-hybridized carbons (Fsp3) is 0.667. The van der Waals surface area contributed by atoms with E-state index in [0.717, 1.165) is 4.90 Å². The van der Waals surface area contributed by atoms with Crippen LogP contribution in [0.25, 0.3) is 0 Å². The van der Waals surface area contributed by atoms with Crippen molar-refractivity contribution in [2.75, 3.05) is 30.9 Å². The van der Waals surface area contributed by atoms with Gasteiger partial charge >= 0.3 is 17.9 Å². The number of carboxylic acids is 3. The summed E-state index contributed by atoms with van der Waals surface area (Å²) in [5.41, 5.74) is 15.6. The molecule has 1 aromatic heterocycles. The summed E-state index contributed by atoms with van der Waals surface area (Å²) >= 11 is 5.42. The number of thioether (sulfide) groups is 1. The Morgan fingerprint density at radius 1 is 0.778 bits per heavy atom. The van der Waals surface area contributed by atoms with E-state index in [0.29, 0.717) is 17.9 Å². The van der Waals surface area contributed by atoms with Crippen LogP contribution in [0, 0.1) is 5.92 Å². The minimum Gasteiger partial charge on any atom is -0.481 e. The number of likely N-dealkylation sites (tertiary alicyclic amines) is 1. The largest absolute Gasteiger partial charge is 0.481 e. The van der Waals surface area contributed by atoms with Crippen LogP contribution in [0.1, 0.15) is 77.8 Å². The lowest BCUT2D eigenvalue weighted by Crippen LogP contribution is -2.70. The van der Waals surface area contributed by atoms with E-state index in [1.54, 1.807) is 6.26 Å². The summed E-state index contributed by atoms with van der Waals surface area (Å²) in [4.78, 5) is 151. The van der Waals surface area contributed by atoms with Crippen LogP contribution in [0.15, 0.2) is 12.5 Å².